The van der Waals surface area contributed by atoms with Crippen molar-refractivity contribution < 1.29 is 18.8 Å². The lowest BCUT2D eigenvalue weighted by molar-refractivity contribution is -0.132. The van der Waals surface area contributed by atoms with Crippen LogP contribution in [-0.4, -0.2) is 53.8 Å². The first kappa shape index (κ1) is 19.0. The van der Waals surface area contributed by atoms with E-state index in [1.807, 2.05) is 6.92 Å². The van der Waals surface area contributed by atoms with Crippen LogP contribution in [-0.2, 0) is 9.59 Å². The van der Waals surface area contributed by atoms with Gasteiger partial charge >= 0.3 is 0 Å². The molecule has 8 heteroatoms. The molecule has 0 radical (unpaired) electrons. The Morgan fingerprint density at radius 3 is 2.70 bits per heavy atom. The van der Waals surface area contributed by atoms with E-state index in [4.69, 9.17) is 16.0 Å². The van der Waals surface area contributed by atoms with Crippen molar-refractivity contribution in [2.45, 2.75) is 13.8 Å². The molecule has 1 aromatic carbocycles. The van der Waals surface area contributed by atoms with Crippen molar-refractivity contribution in [2.75, 3.05) is 31.2 Å². The van der Waals surface area contributed by atoms with Gasteiger partial charge in [0.05, 0.1) is 6.26 Å². The molecule has 142 valence electrons. The Kier molecular flexibility index (Phi) is 5.51. The minimum Gasteiger partial charge on any atom is -0.459 e. The van der Waals surface area contributed by atoms with Crippen molar-refractivity contribution >= 4 is 35.0 Å². The van der Waals surface area contributed by atoms with E-state index in [1.165, 1.54) is 21.0 Å². The van der Waals surface area contributed by atoms with Gasteiger partial charge in [-0.1, -0.05) is 17.7 Å². The number of anilines is 1. The van der Waals surface area contributed by atoms with Gasteiger partial charge in [0.25, 0.3) is 5.91 Å². The van der Waals surface area contributed by atoms with Crippen molar-refractivity contribution in [3.05, 3.63) is 52.9 Å². The maximum Gasteiger partial charge on any atom is 0.290 e. The fourth-order valence-electron chi connectivity index (χ4n) is 2.96. The van der Waals surface area contributed by atoms with Gasteiger partial charge < -0.3 is 14.2 Å². The second-order valence-electron chi connectivity index (χ2n) is 6.24. The van der Waals surface area contributed by atoms with E-state index >= 15 is 0 Å². The molecule has 2 heterocycles. The number of amides is 3. The lowest BCUT2D eigenvalue weighted by atomic mass is 10.2. The Bertz CT molecular complexity index is 866. The Morgan fingerprint density at radius 2 is 2.04 bits per heavy atom. The molecule has 0 N–H and O–H groups in total. The molecule has 2 aromatic rings. The average molecular weight is 390 g/mol. The van der Waals surface area contributed by atoms with Gasteiger partial charge in [0.1, 0.15) is 19.8 Å². The molecule has 3 rings (SSSR count). The highest BCUT2D eigenvalue weighted by molar-refractivity contribution is 6.31. The molecule has 1 fully saturated rings. The normalized spacial score (nSPS) is 14.0. The van der Waals surface area contributed by atoms with E-state index in [1.54, 1.807) is 37.3 Å². The topological polar surface area (TPSA) is 74.1 Å². The van der Waals surface area contributed by atoms with Crippen molar-refractivity contribution in [2.24, 2.45) is 0 Å². The van der Waals surface area contributed by atoms with E-state index in [9.17, 15) is 14.4 Å². The standard InChI is InChI=1S/C19H20ClN3O4/c1-3-21(19(26)16-8-5-9-27-16)10-17(24)22-11-18(25)23(12-22)15-7-4-6-14(20)13(15)2/h4-9H,3,10-12H2,1-2H3. The van der Waals surface area contributed by atoms with E-state index < -0.39 is 0 Å². The Labute approximate surface area is 162 Å². The molecule has 3 amide bonds. The van der Waals surface area contributed by atoms with Crippen LogP contribution in [0.2, 0.25) is 5.02 Å². The third kappa shape index (κ3) is 3.83. The van der Waals surface area contributed by atoms with Crippen LogP contribution in [0.15, 0.2) is 41.0 Å². The van der Waals surface area contributed by atoms with Gasteiger partial charge in [0, 0.05) is 17.3 Å². The van der Waals surface area contributed by atoms with Gasteiger partial charge in [-0.05, 0) is 43.7 Å². The summed E-state index contributed by atoms with van der Waals surface area (Å²) in [5.74, 6) is -0.663. The number of rotatable bonds is 5. The number of halogens is 1. The van der Waals surface area contributed by atoms with Crippen LogP contribution in [0.5, 0.6) is 0 Å². The Hall–Kier alpha value is -2.80. The van der Waals surface area contributed by atoms with E-state index in [2.05, 4.69) is 0 Å². The van der Waals surface area contributed by atoms with E-state index in [0.717, 1.165) is 5.56 Å². The van der Waals surface area contributed by atoms with Crippen LogP contribution >= 0.6 is 11.6 Å². The quantitative estimate of drug-likeness (QED) is 0.787. The molecule has 0 bridgehead atoms. The summed E-state index contributed by atoms with van der Waals surface area (Å²) in [6.07, 6.45) is 1.41. The second kappa shape index (κ2) is 7.84. The molecule has 0 atom stereocenters. The maximum atomic E-state index is 12.7. The number of likely N-dealkylation sites (N-methyl/N-ethyl adjacent to an activating group) is 1. The van der Waals surface area contributed by atoms with Crippen LogP contribution in [0, 0.1) is 6.92 Å². The number of furan rings is 1. The predicted octanol–water partition coefficient (Wildman–Crippen LogP) is 2.54. The molecule has 0 aliphatic carbocycles. The first-order chi connectivity index (χ1) is 12.9. The SMILES string of the molecule is CCN(CC(=O)N1CC(=O)N(c2cccc(Cl)c2C)C1)C(=O)c1ccco1. The van der Waals surface area contributed by atoms with Crippen molar-refractivity contribution in [3.8, 4) is 0 Å². The molecule has 1 aliphatic rings. The summed E-state index contributed by atoms with van der Waals surface area (Å²) in [5.41, 5.74) is 1.46. The van der Waals surface area contributed by atoms with Gasteiger partial charge in [-0.25, -0.2) is 0 Å². The first-order valence-electron chi connectivity index (χ1n) is 8.58. The number of nitrogens with zero attached hydrogens (tertiary/aromatic N) is 3. The van der Waals surface area contributed by atoms with E-state index in [-0.39, 0.29) is 43.2 Å². The van der Waals surface area contributed by atoms with Crippen LogP contribution in [0.4, 0.5) is 5.69 Å². The zero-order valence-electron chi connectivity index (χ0n) is 15.1. The Balaban J connectivity index is 1.70. The zero-order chi connectivity index (χ0) is 19.6. The highest BCUT2D eigenvalue weighted by Crippen LogP contribution is 2.28. The molecule has 1 saturated heterocycles. The summed E-state index contributed by atoms with van der Waals surface area (Å²) in [7, 11) is 0. The maximum absolute atomic E-state index is 12.7. The highest BCUT2D eigenvalue weighted by atomic mass is 35.5. The first-order valence-corrected chi connectivity index (χ1v) is 8.96. The summed E-state index contributed by atoms with van der Waals surface area (Å²) < 4.78 is 5.11. The van der Waals surface area contributed by atoms with Gasteiger partial charge in [-0.3, -0.25) is 19.3 Å². The van der Waals surface area contributed by atoms with Crippen molar-refractivity contribution in [1.82, 2.24) is 9.80 Å². The second-order valence-corrected chi connectivity index (χ2v) is 6.64. The minimum absolute atomic E-state index is 0.0305. The number of carbonyl (C=O) groups excluding carboxylic acids is 3. The molecule has 1 aromatic heterocycles. The van der Waals surface area contributed by atoms with Crippen LogP contribution in [0.3, 0.4) is 0 Å². The Morgan fingerprint density at radius 1 is 1.26 bits per heavy atom. The van der Waals surface area contributed by atoms with Crippen LogP contribution < -0.4 is 4.90 Å². The molecule has 0 saturated carbocycles. The molecule has 1 aliphatic heterocycles. The number of carbonyl (C=O) groups is 3. The summed E-state index contributed by atoms with van der Waals surface area (Å²) >= 11 is 6.14. The van der Waals surface area contributed by atoms with Crippen molar-refractivity contribution in [3.63, 3.8) is 0 Å². The molecular formula is C19H20ClN3O4. The lowest BCUT2D eigenvalue weighted by Gasteiger charge is -2.23. The van der Waals surface area contributed by atoms with Gasteiger partial charge in [0.15, 0.2) is 5.76 Å². The number of benzene rings is 1. The average Bonchev–Trinajstić information content (AvgIpc) is 3.31. The fraction of sp³-hybridized carbons (Fsp3) is 0.316. The number of hydrogen-bond donors (Lipinski definition) is 0. The fourth-order valence-corrected chi connectivity index (χ4v) is 3.13. The van der Waals surface area contributed by atoms with Gasteiger partial charge in [-0.2, -0.15) is 0 Å². The lowest BCUT2D eigenvalue weighted by Crippen LogP contribution is -2.42. The molecule has 27 heavy (non-hydrogen) atoms. The molecular weight excluding hydrogens is 370 g/mol. The largest absolute Gasteiger partial charge is 0.459 e. The van der Waals surface area contributed by atoms with Crippen molar-refractivity contribution in [1.29, 1.82) is 0 Å². The minimum atomic E-state index is -0.357. The highest BCUT2D eigenvalue weighted by Gasteiger charge is 2.33. The summed E-state index contributed by atoms with van der Waals surface area (Å²) in [4.78, 5) is 41.8. The molecule has 0 spiro atoms. The van der Waals surface area contributed by atoms with E-state index in [0.29, 0.717) is 17.3 Å². The van der Waals surface area contributed by atoms with Crippen LogP contribution in [0.1, 0.15) is 23.0 Å². The smallest absolute Gasteiger partial charge is 0.290 e. The van der Waals surface area contributed by atoms with Crippen LogP contribution in [0.25, 0.3) is 0 Å². The number of hydrogen-bond acceptors (Lipinski definition) is 4. The molecule has 0 unspecified atom stereocenters. The zero-order valence-corrected chi connectivity index (χ0v) is 15.9. The summed E-state index contributed by atoms with van der Waals surface area (Å²) in [6, 6.07) is 8.49. The predicted molar refractivity (Wildman–Crippen MR) is 101 cm³/mol. The monoisotopic (exact) mass is 389 g/mol. The third-order valence-corrected chi connectivity index (χ3v) is 4.96. The van der Waals surface area contributed by atoms with Gasteiger partial charge in [-0.15, -0.1) is 0 Å². The van der Waals surface area contributed by atoms with Gasteiger partial charge in [0.2, 0.25) is 11.8 Å². The molecule has 7 nitrogen and oxygen atoms in total. The summed E-state index contributed by atoms with van der Waals surface area (Å²) in [5, 5.41) is 0.561. The summed E-state index contributed by atoms with van der Waals surface area (Å²) in [6.45, 7) is 3.94. The third-order valence-electron chi connectivity index (χ3n) is 4.55.